The maximum atomic E-state index is 10.6. The molecule has 0 amide bonds. The molecule has 1 aromatic rings. The fraction of sp³-hybridized carbons (Fsp3) is 0.444. The molecule has 0 radical (unpaired) electrons. The summed E-state index contributed by atoms with van der Waals surface area (Å²) in [7, 11) is 0. The number of ether oxygens (including phenoxy) is 1. The van der Waals surface area contributed by atoms with Crippen LogP contribution in [-0.2, 0) is 11.3 Å². The molecule has 4 nitrogen and oxygen atoms in total. The van der Waals surface area contributed by atoms with Crippen LogP contribution in [0.25, 0.3) is 0 Å². The van der Waals surface area contributed by atoms with Crippen LogP contribution in [0, 0.1) is 6.92 Å². The minimum atomic E-state index is -0.671. The lowest BCUT2D eigenvalue weighted by Crippen LogP contribution is -1.88. The fourth-order valence-electron chi connectivity index (χ4n) is 0.932. The average molecular weight is 182 g/mol. The summed E-state index contributed by atoms with van der Waals surface area (Å²) in [5.41, 5.74) is 1.29. The Labute approximate surface area is 74.8 Å². The molecule has 2 rings (SSSR count). The van der Waals surface area contributed by atoms with Crippen molar-refractivity contribution in [2.75, 3.05) is 0 Å². The Morgan fingerprint density at radius 1 is 1.46 bits per heavy atom. The SMILES string of the molecule is Cc1oc(=O)oc1COC=C1CC1. The number of hydrogen-bond acceptors (Lipinski definition) is 4. The van der Waals surface area contributed by atoms with Crippen LogP contribution in [0.1, 0.15) is 24.4 Å². The summed E-state index contributed by atoms with van der Waals surface area (Å²) in [6.45, 7) is 1.94. The second-order valence-electron chi connectivity index (χ2n) is 3.02. The van der Waals surface area contributed by atoms with Gasteiger partial charge in [-0.3, -0.25) is 0 Å². The van der Waals surface area contributed by atoms with E-state index in [-0.39, 0.29) is 6.61 Å². The van der Waals surface area contributed by atoms with Gasteiger partial charge in [-0.05, 0) is 25.3 Å². The number of aryl methyl sites for hydroxylation is 1. The van der Waals surface area contributed by atoms with Crippen LogP contribution >= 0.6 is 0 Å². The molecule has 0 bridgehead atoms. The van der Waals surface area contributed by atoms with Gasteiger partial charge in [-0.1, -0.05) is 0 Å². The van der Waals surface area contributed by atoms with E-state index in [2.05, 4.69) is 4.42 Å². The monoisotopic (exact) mass is 182 g/mol. The third kappa shape index (κ3) is 2.02. The van der Waals surface area contributed by atoms with Crippen molar-refractivity contribution in [1.82, 2.24) is 0 Å². The highest BCUT2D eigenvalue weighted by molar-refractivity contribution is 5.13. The maximum Gasteiger partial charge on any atom is 0.519 e. The molecule has 0 spiro atoms. The van der Waals surface area contributed by atoms with Crippen LogP contribution in [0.2, 0.25) is 0 Å². The summed E-state index contributed by atoms with van der Waals surface area (Å²) in [6, 6.07) is 0. The summed E-state index contributed by atoms with van der Waals surface area (Å²) in [5, 5.41) is 0. The van der Waals surface area contributed by atoms with Crippen molar-refractivity contribution in [3.63, 3.8) is 0 Å². The molecule has 0 N–H and O–H groups in total. The molecule has 1 aliphatic carbocycles. The summed E-state index contributed by atoms with van der Waals surface area (Å²) in [6.07, 6.45) is 3.95. The Morgan fingerprint density at radius 3 is 2.77 bits per heavy atom. The van der Waals surface area contributed by atoms with Gasteiger partial charge in [0.05, 0.1) is 6.26 Å². The van der Waals surface area contributed by atoms with Crippen LogP contribution < -0.4 is 5.82 Å². The number of hydrogen-bond donors (Lipinski definition) is 0. The Balaban J connectivity index is 1.96. The highest BCUT2D eigenvalue weighted by Crippen LogP contribution is 2.27. The lowest BCUT2D eigenvalue weighted by atomic mass is 10.4. The van der Waals surface area contributed by atoms with Gasteiger partial charge in [-0.2, -0.15) is 0 Å². The fourth-order valence-corrected chi connectivity index (χ4v) is 0.932. The van der Waals surface area contributed by atoms with Gasteiger partial charge >= 0.3 is 5.82 Å². The van der Waals surface area contributed by atoms with E-state index < -0.39 is 5.82 Å². The van der Waals surface area contributed by atoms with Crippen LogP contribution in [0.15, 0.2) is 25.5 Å². The van der Waals surface area contributed by atoms with Gasteiger partial charge < -0.3 is 13.6 Å². The van der Waals surface area contributed by atoms with Crippen molar-refractivity contribution < 1.29 is 13.6 Å². The summed E-state index contributed by atoms with van der Waals surface area (Å²) in [5.74, 6) is 0.275. The van der Waals surface area contributed by atoms with E-state index in [1.807, 2.05) is 0 Å². The molecule has 1 heterocycles. The van der Waals surface area contributed by atoms with Gasteiger partial charge in [0.2, 0.25) is 0 Å². The van der Waals surface area contributed by atoms with E-state index in [0.717, 1.165) is 12.8 Å². The molecule has 1 saturated carbocycles. The first-order chi connectivity index (χ1) is 6.25. The number of rotatable bonds is 3. The second kappa shape index (κ2) is 3.12. The first-order valence-corrected chi connectivity index (χ1v) is 4.14. The van der Waals surface area contributed by atoms with E-state index in [9.17, 15) is 4.79 Å². The molecular formula is C9H10O4. The van der Waals surface area contributed by atoms with E-state index in [1.54, 1.807) is 13.2 Å². The van der Waals surface area contributed by atoms with E-state index >= 15 is 0 Å². The molecular weight excluding hydrogens is 172 g/mol. The largest absolute Gasteiger partial charge is 0.519 e. The molecule has 1 aliphatic rings. The van der Waals surface area contributed by atoms with Crippen molar-refractivity contribution >= 4 is 0 Å². The predicted octanol–water partition coefficient (Wildman–Crippen LogP) is 1.74. The first kappa shape index (κ1) is 8.16. The van der Waals surface area contributed by atoms with Gasteiger partial charge in [0.1, 0.15) is 6.61 Å². The third-order valence-electron chi connectivity index (χ3n) is 1.84. The van der Waals surface area contributed by atoms with Gasteiger partial charge in [0.15, 0.2) is 11.5 Å². The molecule has 4 heteroatoms. The standard InChI is InChI=1S/C9H10O4/c1-6-8(13-9(10)12-6)5-11-4-7-2-3-7/h4H,2-3,5H2,1H3. The van der Waals surface area contributed by atoms with Gasteiger partial charge in [-0.15, -0.1) is 0 Å². The van der Waals surface area contributed by atoms with Gasteiger partial charge in [0, 0.05) is 0 Å². The second-order valence-corrected chi connectivity index (χ2v) is 3.02. The quantitative estimate of drug-likeness (QED) is 0.668. The van der Waals surface area contributed by atoms with Crippen LogP contribution in [-0.4, -0.2) is 0 Å². The lowest BCUT2D eigenvalue weighted by molar-refractivity contribution is 0.205. The minimum absolute atomic E-state index is 0.265. The Morgan fingerprint density at radius 2 is 2.23 bits per heavy atom. The Bertz CT molecular complexity index is 377. The van der Waals surface area contributed by atoms with E-state index in [0.29, 0.717) is 11.5 Å². The molecule has 0 aliphatic heterocycles. The summed E-state index contributed by atoms with van der Waals surface area (Å²) < 4.78 is 14.6. The smallest absolute Gasteiger partial charge is 0.493 e. The molecule has 0 atom stereocenters. The highest BCUT2D eigenvalue weighted by Gasteiger charge is 2.12. The summed E-state index contributed by atoms with van der Waals surface area (Å²) in [4.78, 5) is 10.6. The predicted molar refractivity (Wildman–Crippen MR) is 44.1 cm³/mol. The van der Waals surface area contributed by atoms with E-state index in [4.69, 9.17) is 9.15 Å². The van der Waals surface area contributed by atoms with Gasteiger partial charge in [-0.25, -0.2) is 4.79 Å². The van der Waals surface area contributed by atoms with E-state index in [1.165, 1.54) is 5.57 Å². The van der Waals surface area contributed by atoms with Crippen molar-refractivity contribution in [3.05, 3.63) is 34.0 Å². The zero-order chi connectivity index (χ0) is 9.26. The summed E-state index contributed by atoms with van der Waals surface area (Å²) >= 11 is 0. The molecule has 1 aromatic heterocycles. The molecule has 70 valence electrons. The molecule has 13 heavy (non-hydrogen) atoms. The third-order valence-corrected chi connectivity index (χ3v) is 1.84. The minimum Gasteiger partial charge on any atom is -0.493 e. The molecule has 0 saturated heterocycles. The van der Waals surface area contributed by atoms with Crippen molar-refractivity contribution in [1.29, 1.82) is 0 Å². The lowest BCUT2D eigenvalue weighted by Gasteiger charge is -1.95. The zero-order valence-electron chi connectivity index (χ0n) is 7.33. The van der Waals surface area contributed by atoms with Crippen LogP contribution in [0.4, 0.5) is 0 Å². The van der Waals surface area contributed by atoms with Gasteiger partial charge in [0.25, 0.3) is 0 Å². The first-order valence-electron chi connectivity index (χ1n) is 4.14. The zero-order valence-corrected chi connectivity index (χ0v) is 7.33. The topological polar surface area (TPSA) is 52.6 Å². The van der Waals surface area contributed by atoms with Crippen LogP contribution in [0.3, 0.4) is 0 Å². The Kier molecular flexibility index (Phi) is 1.96. The van der Waals surface area contributed by atoms with Crippen LogP contribution in [0.5, 0.6) is 0 Å². The normalized spacial score (nSPS) is 14.4. The molecule has 0 unspecified atom stereocenters. The number of allylic oxidation sites excluding steroid dienone is 1. The average Bonchev–Trinajstić information content (AvgIpc) is 2.81. The maximum absolute atomic E-state index is 10.6. The van der Waals surface area contributed by atoms with Crippen molar-refractivity contribution in [3.8, 4) is 0 Å². The van der Waals surface area contributed by atoms with Crippen molar-refractivity contribution in [2.24, 2.45) is 0 Å². The Hall–Kier alpha value is -1.45. The molecule has 1 fully saturated rings. The van der Waals surface area contributed by atoms with Crippen molar-refractivity contribution in [2.45, 2.75) is 26.4 Å². The highest BCUT2D eigenvalue weighted by atomic mass is 16.6. The molecule has 0 aromatic carbocycles.